The highest BCUT2D eigenvalue weighted by Crippen LogP contribution is 2.31. The van der Waals surface area contributed by atoms with E-state index >= 15 is 0 Å². The van der Waals surface area contributed by atoms with Crippen molar-refractivity contribution < 1.29 is 44.3 Å². The van der Waals surface area contributed by atoms with Gasteiger partial charge in [-0.3, -0.25) is 4.79 Å². The number of benzene rings is 2. The van der Waals surface area contributed by atoms with Gasteiger partial charge in [0.15, 0.2) is 9.84 Å². The molecule has 0 unspecified atom stereocenters. The Balaban J connectivity index is 2.17. The molecular weight excluding hydrogens is 452 g/mol. The SMILES string of the molecule is CC(C)(C(=O)NCc1ccc(C(F)(F)F)cc1)S(=O)(=O)c1cccc(OC(F)(F)F)c1. The summed E-state index contributed by atoms with van der Waals surface area (Å²) in [6.07, 6.45) is -9.56. The van der Waals surface area contributed by atoms with Crippen LogP contribution in [0.1, 0.15) is 25.0 Å². The predicted octanol–water partition coefficient (Wildman–Crippen LogP) is 4.47. The van der Waals surface area contributed by atoms with Crippen molar-refractivity contribution in [1.29, 1.82) is 0 Å². The number of hydrogen-bond donors (Lipinski definition) is 1. The van der Waals surface area contributed by atoms with Crippen molar-refractivity contribution in [3.05, 3.63) is 59.7 Å². The second kappa shape index (κ2) is 8.40. The Morgan fingerprint density at radius 1 is 0.968 bits per heavy atom. The Morgan fingerprint density at radius 2 is 1.55 bits per heavy atom. The third kappa shape index (κ3) is 5.90. The molecule has 0 atom stereocenters. The van der Waals surface area contributed by atoms with Crippen molar-refractivity contribution in [1.82, 2.24) is 5.32 Å². The van der Waals surface area contributed by atoms with E-state index < -0.39 is 49.2 Å². The Hall–Kier alpha value is -2.76. The number of carbonyl (C=O) groups is 1. The number of amides is 1. The molecule has 0 saturated carbocycles. The molecule has 0 aliphatic rings. The van der Waals surface area contributed by atoms with Crippen LogP contribution >= 0.6 is 0 Å². The minimum absolute atomic E-state index is 0.257. The molecule has 0 radical (unpaired) electrons. The molecule has 1 amide bonds. The molecule has 0 aromatic heterocycles. The maximum absolute atomic E-state index is 12.9. The molecule has 0 spiro atoms. The van der Waals surface area contributed by atoms with Crippen LogP contribution in [-0.4, -0.2) is 25.4 Å². The lowest BCUT2D eigenvalue weighted by Gasteiger charge is -2.24. The number of halogens is 6. The summed E-state index contributed by atoms with van der Waals surface area (Å²) in [5, 5.41) is 2.32. The third-order valence-electron chi connectivity index (χ3n) is 4.30. The van der Waals surface area contributed by atoms with Gasteiger partial charge < -0.3 is 10.1 Å². The quantitative estimate of drug-likeness (QED) is 0.634. The Kier molecular flexibility index (Phi) is 6.64. The first-order chi connectivity index (χ1) is 14.0. The molecule has 0 aliphatic heterocycles. The molecule has 170 valence electrons. The molecular formula is C19H17F6NO4S. The Bertz CT molecular complexity index is 1040. The van der Waals surface area contributed by atoms with Gasteiger partial charge in [0.05, 0.1) is 10.5 Å². The van der Waals surface area contributed by atoms with Crippen LogP contribution in [0.2, 0.25) is 0 Å². The van der Waals surface area contributed by atoms with Crippen molar-refractivity contribution in [2.45, 2.75) is 42.6 Å². The fraction of sp³-hybridized carbons (Fsp3) is 0.316. The Labute approximate surface area is 173 Å². The average Bonchev–Trinajstić information content (AvgIpc) is 2.64. The first-order valence-corrected chi connectivity index (χ1v) is 10.1. The maximum Gasteiger partial charge on any atom is 0.573 e. The highest BCUT2D eigenvalue weighted by Gasteiger charge is 2.43. The second-order valence-corrected chi connectivity index (χ2v) is 9.41. The molecule has 2 rings (SSSR count). The minimum Gasteiger partial charge on any atom is -0.406 e. The van der Waals surface area contributed by atoms with Gasteiger partial charge in [0.2, 0.25) is 5.91 Å². The summed E-state index contributed by atoms with van der Waals surface area (Å²) < 4.78 is 102. The number of nitrogens with one attached hydrogen (secondary N) is 1. The average molecular weight is 469 g/mol. The molecule has 0 fully saturated rings. The summed E-state index contributed by atoms with van der Waals surface area (Å²) in [5.74, 6) is -1.76. The van der Waals surface area contributed by atoms with E-state index in [1.807, 2.05) is 0 Å². The van der Waals surface area contributed by atoms with Gasteiger partial charge in [0.1, 0.15) is 10.5 Å². The van der Waals surface area contributed by atoms with Gasteiger partial charge in [-0.25, -0.2) is 8.42 Å². The first-order valence-electron chi connectivity index (χ1n) is 8.59. The highest BCUT2D eigenvalue weighted by molar-refractivity contribution is 7.93. The van der Waals surface area contributed by atoms with Gasteiger partial charge in [-0.2, -0.15) is 13.2 Å². The van der Waals surface area contributed by atoms with E-state index in [0.717, 1.165) is 56.3 Å². The highest BCUT2D eigenvalue weighted by atomic mass is 32.2. The summed E-state index contributed by atoms with van der Waals surface area (Å²) >= 11 is 0. The number of carbonyl (C=O) groups excluding carboxylic acids is 1. The second-order valence-electron chi connectivity index (χ2n) is 6.91. The zero-order chi connectivity index (χ0) is 23.7. The fourth-order valence-electron chi connectivity index (χ4n) is 2.46. The zero-order valence-electron chi connectivity index (χ0n) is 16.1. The molecule has 5 nitrogen and oxygen atoms in total. The van der Waals surface area contributed by atoms with Gasteiger partial charge in [-0.15, -0.1) is 13.2 Å². The smallest absolute Gasteiger partial charge is 0.406 e. The molecule has 0 aliphatic carbocycles. The lowest BCUT2D eigenvalue weighted by molar-refractivity contribution is -0.274. The van der Waals surface area contributed by atoms with Crippen molar-refractivity contribution >= 4 is 15.7 Å². The number of sulfone groups is 1. The molecule has 31 heavy (non-hydrogen) atoms. The largest absolute Gasteiger partial charge is 0.573 e. The fourth-order valence-corrected chi connectivity index (χ4v) is 3.90. The van der Waals surface area contributed by atoms with E-state index in [2.05, 4.69) is 10.1 Å². The van der Waals surface area contributed by atoms with E-state index in [-0.39, 0.29) is 12.1 Å². The maximum atomic E-state index is 12.9. The molecule has 0 bridgehead atoms. The van der Waals surface area contributed by atoms with Crippen LogP contribution in [0.15, 0.2) is 53.4 Å². The van der Waals surface area contributed by atoms with Crippen LogP contribution < -0.4 is 10.1 Å². The van der Waals surface area contributed by atoms with Crippen LogP contribution in [0.3, 0.4) is 0 Å². The van der Waals surface area contributed by atoms with E-state index in [1.165, 1.54) is 0 Å². The van der Waals surface area contributed by atoms with Crippen LogP contribution in [-0.2, 0) is 27.4 Å². The van der Waals surface area contributed by atoms with Gasteiger partial charge in [0, 0.05) is 6.54 Å². The topological polar surface area (TPSA) is 72.5 Å². The molecule has 2 aromatic rings. The number of hydrogen-bond acceptors (Lipinski definition) is 4. The van der Waals surface area contributed by atoms with Crippen molar-refractivity contribution in [3.63, 3.8) is 0 Å². The zero-order valence-corrected chi connectivity index (χ0v) is 17.0. The summed E-state index contributed by atoms with van der Waals surface area (Å²) in [6, 6.07) is 7.49. The summed E-state index contributed by atoms with van der Waals surface area (Å²) in [6.45, 7) is 1.86. The number of rotatable bonds is 6. The molecule has 1 N–H and O–H groups in total. The van der Waals surface area contributed by atoms with Gasteiger partial charge in [-0.1, -0.05) is 18.2 Å². The Morgan fingerprint density at radius 3 is 2.06 bits per heavy atom. The predicted molar refractivity (Wildman–Crippen MR) is 97.7 cm³/mol. The van der Waals surface area contributed by atoms with E-state index in [4.69, 9.17) is 0 Å². The van der Waals surface area contributed by atoms with Crippen LogP contribution in [0.4, 0.5) is 26.3 Å². The van der Waals surface area contributed by atoms with Gasteiger partial charge in [0.25, 0.3) is 0 Å². The summed E-state index contributed by atoms with van der Waals surface area (Å²) in [7, 11) is -4.45. The van der Waals surface area contributed by atoms with Crippen molar-refractivity contribution in [3.8, 4) is 5.75 Å². The van der Waals surface area contributed by atoms with Gasteiger partial charge in [-0.05, 0) is 49.7 Å². The van der Waals surface area contributed by atoms with E-state index in [0.29, 0.717) is 6.07 Å². The standard InChI is InChI=1S/C19H17F6NO4S/c1-17(2,16(27)26-11-12-6-8-13(9-7-12)18(20,21)22)31(28,29)15-5-3-4-14(10-15)30-19(23,24)25/h3-10H,11H2,1-2H3,(H,26,27). The number of ether oxygens (including phenoxy) is 1. The van der Waals surface area contributed by atoms with Crippen LogP contribution in [0, 0.1) is 0 Å². The summed E-state index contributed by atoms with van der Waals surface area (Å²) in [4.78, 5) is 12.0. The third-order valence-corrected chi connectivity index (χ3v) is 6.71. The summed E-state index contributed by atoms with van der Waals surface area (Å²) in [5.41, 5.74) is -0.596. The molecule has 0 saturated heterocycles. The van der Waals surface area contributed by atoms with Crippen LogP contribution in [0.25, 0.3) is 0 Å². The molecule has 2 aromatic carbocycles. The lowest BCUT2D eigenvalue weighted by Crippen LogP contribution is -2.47. The van der Waals surface area contributed by atoms with E-state index in [1.54, 1.807) is 0 Å². The van der Waals surface area contributed by atoms with E-state index in [9.17, 15) is 39.6 Å². The molecule has 0 heterocycles. The normalized spacial score (nSPS) is 13.0. The first kappa shape index (κ1) is 24.5. The minimum atomic E-state index is -5.03. The number of alkyl halides is 6. The van der Waals surface area contributed by atoms with Crippen molar-refractivity contribution in [2.75, 3.05) is 0 Å². The van der Waals surface area contributed by atoms with Crippen LogP contribution in [0.5, 0.6) is 5.75 Å². The van der Waals surface area contributed by atoms with Crippen molar-refractivity contribution in [2.24, 2.45) is 0 Å². The van der Waals surface area contributed by atoms with Gasteiger partial charge >= 0.3 is 12.5 Å². The molecule has 12 heteroatoms. The lowest BCUT2D eigenvalue weighted by atomic mass is 10.1. The monoisotopic (exact) mass is 469 g/mol.